The lowest BCUT2D eigenvalue weighted by atomic mass is 9.80. The topological polar surface area (TPSA) is 24.5 Å². The first-order valence-corrected chi connectivity index (χ1v) is 8.03. The lowest BCUT2D eigenvalue weighted by Crippen LogP contribution is -2.57. The van der Waals surface area contributed by atoms with Crippen LogP contribution in [0.4, 0.5) is 0 Å². The van der Waals surface area contributed by atoms with Crippen molar-refractivity contribution in [2.45, 2.75) is 56.3 Å². The SMILES string of the molecule is CNC1CC2CCCC(C1)N2C1COc2ccccc21. The van der Waals surface area contributed by atoms with Gasteiger partial charge in [-0.2, -0.15) is 0 Å². The molecule has 3 heteroatoms. The fourth-order valence-corrected chi connectivity index (χ4v) is 4.55. The van der Waals surface area contributed by atoms with Crippen molar-refractivity contribution in [1.29, 1.82) is 0 Å². The third-order valence-corrected chi connectivity index (χ3v) is 5.47. The van der Waals surface area contributed by atoms with Crippen molar-refractivity contribution in [3.8, 4) is 5.75 Å². The molecule has 3 heterocycles. The van der Waals surface area contributed by atoms with Crippen molar-refractivity contribution >= 4 is 0 Å². The Balaban J connectivity index is 1.63. The van der Waals surface area contributed by atoms with Crippen LogP contribution in [-0.2, 0) is 0 Å². The number of ether oxygens (including phenoxy) is 1. The number of piperidine rings is 2. The Morgan fingerprint density at radius 1 is 1.15 bits per heavy atom. The number of benzene rings is 1. The second-order valence-corrected chi connectivity index (χ2v) is 6.51. The standard InChI is InChI=1S/C17H24N2O/c1-18-12-9-13-5-4-6-14(10-12)19(13)16-11-20-17-8-3-2-7-15(16)17/h2-3,7-8,12-14,16,18H,4-6,9-11H2,1H3. The monoisotopic (exact) mass is 272 g/mol. The summed E-state index contributed by atoms with van der Waals surface area (Å²) < 4.78 is 5.93. The molecule has 0 radical (unpaired) electrons. The van der Waals surface area contributed by atoms with E-state index in [0.29, 0.717) is 12.1 Å². The molecule has 1 aromatic carbocycles. The highest BCUT2D eigenvalue weighted by Crippen LogP contribution is 2.44. The van der Waals surface area contributed by atoms with E-state index < -0.39 is 0 Å². The average Bonchev–Trinajstić information content (AvgIpc) is 2.89. The van der Waals surface area contributed by atoms with Crippen molar-refractivity contribution < 1.29 is 4.74 Å². The maximum absolute atomic E-state index is 5.93. The zero-order chi connectivity index (χ0) is 13.5. The minimum atomic E-state index is 0.485. The molecular weight excluding hydrogens is 248 g/mol. The molecule has 1 aromatic rings. The Morgan fingerprint density at radius 3 is 2.65 bits per heavy atom. The average molecular weight is 272 g/mol. The van der Waals surface area contributed by atoms with E-state index in [4.69, 9.17) is 4.74 Å². The van der Waals surface area contributed by atoms with Crippen molar-refractivity contribution in [1.82, 2.24) is 10.2 Å². The summed E-state index contributed by atoms with van der Waals surface area (Å²) >= 11 is 0. The van der Waals surface area contributed by atoms with Crippen LogP contribution in [0.25, 0.3) is 0 Å². The summed E-state index contributed by atoms with van der Waals surface area (Å²) in [6.07, 6.45) is 6.70. The van der Waals surface area contributed by atoms with E-state index in [1.807, 2.05) is 0 Å². The fraction of sp³-hybridized carbons (Fsp3) is 0.647. The lowest BCUT2D eigenvalue weighted by molar-refractivity contribution is -0.0163. The van der Waals surface area contributed by atoms with Crippen molar-refractivity contribution in [2.75, 3.05) is 13.7 Å². The smallest absolute Gasteiger partial charge is 0.124 e. The summed E-state index contributed by atoms with van der Waals surface area (Å²) in [4.78, 5) is 2.79. The summed E-state index contributed by atoms with van der Waals surface area (Å²) in [5, 5.41) is 3.50. The molecule has 2 saturated heterocycles. The summed E-state index contributed by atoms with van der Waals surface area (Å²) in [7, 11) is 2.12. The lowest BCUT2D eigenvalue weighted by Gasteiger charge is -2.51. The second kappa shape index (κ2) is 5.05. The highest BCUT2D eigenvalue weighted by Gasteiger charge is 2.43. The van der Waals surface area contributed by atoms with E-state index >= 15 is 0 Å². The van der Waals surface area contributed by atoms with E-state index in [1.54, 1.807) is 0 Å². The van der Waals surface area contributed by atoms with Gasteiger partial charge in [0.1, 0.15) is 12.4 Å². The van der Waals surface area contributed by atoms with Gasteiger partial charge >= 0.3 is 0 Å². The Labute approximate surface area is 121 Å². The molecule has 3 nitrogen and oxygen atoms in total. The molecule has 2 bridgehead atoms. The molecule has 108 valence electrons. The van der Waals surface area contributed by atoms with Gasteiger partial charge in [0.2, 0.25) is 0 Å². The molecule has 4 rings (SSSR count). The van der Waals surface area contributed by atoms with Gasteiger partial charge in [0.25, 0.3) is 0 Å². The fourth-order valence-electron chi connectivity index (χ4n) is 4.55. The van der Waals surface area contributed by atoms with E-state index in [2.05, 4.69) is 41.5 Å². The first-order valence-electron chi connectivity index (χ1n) is 8.03. The second-order valence-electron chi connectivity index (χ2n) is 6.51. The minimum absolute atomic E-state index is 0.485. The van der Waals surface area contributed by atoms with Crippen LogP contribution >= 0.6 is 0 Å². The molecule has 0 saturated carbocycles. The number of rotatable bonds is 2. The van der Waals surface area contributed by atoms with E-state index in [1.165, 1.54) is 37.7 Å². The Bertz CT molecular complexity index is 476. The Hall–Kier alpha value is -1.06. The quantitative estimate of drug-likeness (QED) is 0.896. The zero-order valence-electron chi connectivity index (χ0n) is 12.2. The maximum atomic E-state index is 5.93. The molecule has 3 atom stereocenters. The van der Waals surface area contributed by atoms with Crippen LogP contribution in [-0.4, -0.2) is 36.7 Å². The van der Waals surface area contributed by atoms with Gasteiger partial charge < -0.3 is 10.1 Å². The van der Waals surface area contributed by atoms with Gasteiger partial charge in [-0.15, -0.1) is 0 Å². The highest BCUT2D eigenvalue weighted by atomic mass is 16.5. The molecule has 0 amide bonds. The first kappa shape index (κ1) is 12.7. The van der Waals surface area contributed by atoms with Crippen LogP contribution in [0.5, 0.6) is 5.75 Å². The molecule has 0 aliphatic carbocycles. The van der Waals surface area contributed by atoms with Gasteiger partial charge in [0.05, 0.1) is 6.04 Å². The Kier molecular flexibility index (Phi) is 3.20. The van der Waals surface area contributed by atoms with Gasteiger partial charge in [0, 0.05) is 23.7 Å². The van der Waals surface area contributed by atoms with Crippen LogP contribution in [0.15, 0.2) is 24.3 Å². The number of para-hydroxylation sites is 1. The van der Waals surface area contributed by atoms with Crippen LogP contribution in [0.3, 0.4) is 0 Å². The zero-order valence-corrected chi connectivity index (χ0v) is 12.2. The van der Waals surface area contributed by atoms with Gasteiger partial charge in [-0.3, -0.25) is 4.90 Å². The van der Waals surface area contributed by atoms with Crippen LogP contribution in [0.2, 0.25) is 0 Å². The summed E-state index contributed by atoms with van der Waals surface area (Å²) in [5.41, 5.74) is 1.41. The number of hydrogen-bond acceptors (Lipinski definition) is 3. The molecule has 2 fully saturated rings. The van der Waals surface area contributed by atoms with E-state index in [0.717, 1.165) is 24.4 Å². The number of nitrogens with zero attached hydrogens (tertiary/aromatic N) is 1. The molecule has 3 aliphatic rings. The number of nitrogens with one attached hydrogen (secondary N) is 1. The number of fused-ring (bicyclic) bond motifs is 3. The van der Waals surface area contributed by atoms with Gasteiger partial charge in [-0.1, -0.05) is 24.6 Å². The predicted molar refractivity (Wildman–Crippen MR) is 80.0 cm³/mol. The minimum Gasteiger partial charge on any atom is -0.491 e. The summed E-state index contributed by atoms with van der Waals surface area (Å²) in [6, 6.07) is 11.3. The van der Waals surface area contributed by atoms with Gasteiger partial charge in [0.15, 0.2) is 0 Å². The van der Waals surface area contributed by atoms with Crippen molar-refractivity contribution in [2.24, 2.45) is 0 Å². The molecule has 0 spiro atoms. The number of hydrogen-bond donors (Lipinski definition) is 1. The third kappa shape index (κ3) is 1.95. The molecular formula is C17H24N2O. The molecule has 0 aromatic heterocycles. The molecule has 20 heavy (non-hydrogen) atoms. The summed E-state index contributed by atoms with van der Waals surface area (Å²) in [6.45, 7) is 0.844. The largest absolute Gasteiger partial charge is 0.491 e. The first-order chi connectivity index (χ1) is 9.86. The summed E-state index contributed by atoms with van der Waals surface area (Å²) in [5.74, 6) is 1.10. The van der Waals surface area contributed by atoms with Gasteiger partial charge in [-0.25, -0.2) is 0 Å². The van der Waals surface area contributed by atoms with E-state index in [-0.39, 0.29) is 0 Å². The molecule has 3 aliphatic heterocycles. The predicted octanol–water partition coefficient (Wildman–Crippen LogP) is 2.73. The van der Waals surface area contributed by atoms with Crippen molar-refractivity contribution in [3.63, 3.8) is 0 Å². The third-order valence-electron chi connectivity index (χ3n) is 5.47. The molecule has 1 N–H and O–H groups in total. The van der Waals surface area contributed by atoms with Crippen LogP contribution in [0, 0.1) is 0 Å². The maximum Gasteiger partial charge on any atom is 0.124 e. The van der Waals surface area contributed by atoms with Crippen molar-refractivity contribution in [3.05, 3.63) is 29.8 Å². The normalized spacial score (nSPS) is 36.5. The highest BCUT2D eigenvalue weighted by molar-refractivity contribution is 5.39. The van der Waals surface area contributed by atoms with E-state index in [9.17, 15) is 0 Å². The van der Waals surface area contributed by atoms with Crippen LogP contribution in [0.1, 0.15) is 43.7 Å². The molecule has 3 unspecified atom stereocenters. The Morgan fingerprint density at radius 2 is 1.90 bits per heavy atom. The van der Waals surface area contributed by atoms with Crippen LogP contribution < -0.4 is 10.1 Å². The van der Waals surface area contributed by atoms with Gasteiger partial charge in [-0.05, 0) is 38.8 Å².